The third-order valence-electron chi connectivity index (χ3n) is 6.38. The number of rotatable bonds is 16. The Balaban J connectivity index is 1.51. The number of amides is 1. The minimum atomic E-state index is -0.479. The monoisotopic (exact) mass is 519 g/mol. The fourth-order valence-corrected chi connectivity index (χ4v) is 4.55. The van der Waals surface area contributed by atoms with Crippen LogP contribution >= 0.6 is 11.6 Å². The summed E-state index contributed by atoms with van der Waals surface area (Å²) >= 11 is 5.72. The third-order valence-corrected chi connectivity index (χ3v) is 6.65. The van der Waals surface area contributed by atoms with Crippen molar-refractivity contribution in [2.45, 2.75) is 57.8 Å². The van der Waals surface area contributed by atoms with E-state index in [1.807, 2.05) is 36.4 Å². The van der Waals surface area contributed by atoms with Crippen LogP contribution < -0.4 is 5.32 Å². The smallest absolute Gasteiger partial charge is 0.338 e. The molecule has 3 rings (SSSR count). The molecule has 3 aromatic rings. The van der Waals surface area contributed by atoms with E-state index in [1.54, 1.807) is 12.1 Å². The van der Waals surface area contributed by atoms with Gasteiger partial charge in [0.1, 0.15) is 0 Å². The van der Waals surface area contributed by atoms with Crippen LogP contribution in [-0.2, 0) is 11.2 Å². The molecule has 0 radical (unpaired) electrons. The number of esters is 1. The van der Waals surface area contributed by atoms with Gasteiger partial charge in [0.2, 0.25) is 0 Å². The van der Waals surface area contributed by atoms with Crippen LogP contribution in [-0.4, -0.2) is 30.9 Å². The maximum absolute atomic E-state index is 13.3. The normalized spacial score (nSPS) is 10.7. The number of carbonyl (C=O) groups is 2. The van der Waals surface area contributed by atoms with Gasteiger partial charge in [0, 0.05) is 12.4 Å². The third kappa shape index (κ3) is 9.70. The summed E-state index contributed by atoms with van der Waals surface area (Å²) in [6.45, 7) is 0.865. The van der Waals surface area contributed by atoms with Crippen molar-refractivity contribution in [2.75, 3.05) is 19.0 Å². The van der Waals surface area contributed by atoms with Gasteiger partial charge in [-0.3, -0.25) is 4.79 Å². The highest BCUT2D eigenvalue weighted by Gasteiger charge is 2.22. The van der Waals surface area contributed by atoms with Gasteiger partial charge in [0.15, 0.2) is 0 Å². The highest BCUT2D eigenvalue weighted by atomic mass is 35.5. The van der Waals surface area contributed by atoms with Crippen molar-refractivity contribution < 1.29 is 14.3 Å². The summed E-state index contributed by atoms with van der Waals surface area (Å²) in [5, 5.41) is 3.04. The molecule has 0 saturated heterocycles. The van der Waals surface area contributed by atoms with Crippen LogP contribution in [0.3, 0.4) is 0 Å². The van der Waals surface area contributed by atoms with Crippen LogP contribution in [0.15, 0.2) is 78.9 Å². The molecule has 0 saturated carbocycles. The van der Waals surface area contributed by atoms with Gasteiger partial charge in [-0.1, -0.05) is 98.5 Å². The van der Waals surface area contributed by atoms with Crippen LogP contribution in [0.2, 0.25) is 0 Å². The first-order valence-corrected chi connectivity index (χ1v) is 14.0. The number of aryl methyl sites for hydroxylation is 1. The molecule has 0 spiro atoms. The number of nitrogens with one attached hydrogen (secondary N) is 1. The Hall–Kier alpha value is -3.11. The van der Waals surface area contributed by atoms with Crippen LogP contribution in [0.1, 0.15) is 77.6 Å². The van der Waals surface area contributed by atoms with Crippen LogP contribution in [0.4, 0.5) is 0 Å². The fourth-order valence-electron chi connectivity index (χ4n) is 4.36. The number of halogens is 1. The number of hydrogen-bond donors (Lipinski definition) is 1. The molecule has 1 N–H and O–H groups in total. The van der Waals surface area contributed by atoms with Crippen LogP contribution in [0.25, 0.3) is 11.1 Å². The van der Waals surface area contributed by atoms with Crippen LogP contribution in [0.5, 0.6) is 0 Å². The van der Waals surface area contributed by atoms with E-state index in [-0.39, 0.29) is 12.5 Å². The van der Waals surface area contributed by atoms with Crippen molar-refractivity contribution in [2.24, 2.45) is 0 Å². The summed E-state index contributed by atoms with van der Waals surface area (Å²) in [4.78, 5) is 26.2. The predicted molar refractivity (Wildman–Crippen MR) is 152 cm³/mol. The second-order valence-corrected chi connectivity index (χ2v) is 9.62. The number of alkyl halides is 1. The van der Waals surface area contributed by atoms with E-state index in [0.717, 1.165) is 43.2 Å². The van der Waals surface area contributed by atoms with Crippen molar-refractivity contribution in [1.29, 1.82) is 0 Å². The summed E-state index contributed by atoms with van der Waals surface area (Å²) in [7, 11) is 0. The summed E-state index contributed by atoms with van der Waals surface area (Å²) in [5.74, 6) is -0.189. The van der Waals surface area contributed by atoms with E-state index in [2.05, 4.69) is 35.6 Å². The lowest BCUT2D eigenvalue weighted by Crippen LogP contribution is -2.27. The molecule has 0 fully saturated rings. The standard InChI is InChI=1S/C32H38ClNO3/c33-23-12-14-25-37-32(36)29-22-15-21-28(27-19-10-6-11-20-27)30(29)31(35)34-24-13-4-2-1-3-7-16-26-17-8-5-9-18-26/h5-6,8-11,15,17-22H,1-4,7,12-14,16,23-25H2,(H,34,35). The highest BCUT2D eigenvalue weighted by Crippen LogP contribution is 2.27. The fraction of sp³-hybridized carbons (Fsp3) is 0.375. The van der Waals surface area contributed by atoms with E-state index in [0.29, 0.717) is 30.0 Å². The SMILES string of the molecule is O=C(OCCCCCl)c1cccc(-c2ccccc2)c1C(=O)NCCCCCCCCc1ccccc1. The second kappa shape index (κ2) is 16.6. The Labute approximate surface area is 226 Å². The van der Waals surface area contributed by atoms with Gasteiger partial charge in [-0.05, 0) is 54.9 Å². The molecule has 0 aliphatic carbocycles. The van der Waals surface area contributed by atoms with E-state index in [1.165, 1.54) is 24.8 Å². The number of ether oxygens (including phenoxy) is 1. The first-order chi connectivity index (χ1) is 18.2. The zero-order chi connectivity index (χ0) is 26.1. The molecule has 0 aliphatic heterocycles. The van der Waals surface area contributed by atoms with E-state index >= 15 is 0 Å². The molecule has 0 atom stereocenters. The maximum Gasteiger partial charge on any atom is 0.338 e. The maximum atomic E-state index is 13.3. The van der Waals surface area contributed by atoms with E-state index in [9.17, 15) is 9.59 Å². The Bertz CT molecular complexity index is 1090. The number of benzene rings is 3. The average molecular weight is 520 g/mol. The molecular formula is C32H38ClNO3. The van der Waals surface area contributed by atoms with Gasteiger partial charge in [0.05, 0.1) is 17.7 Å². The van der Waals surface area contributed by atoms with Crippen molar-refractivity contribution in [3.63, 3.8) is 0 Å². The van der Waals surface area contributed by atoms with E-state index < -0.39 is 5.97 Å². The number of carbonyl (C=O) groups excluding carboxylic acids is 2. The molecule has 0 unspecified atom stereocenters. The van der Waals surface area contributed by atoms with Gasteiger partial charge in [-0.25, -0.2) is 4.79 Å². The molecule has 1 amide bonds. The molecule has 0 heterocycles. The Kier molecular flexibility index (Phi) is 12.8. The minimum Gasteiger partial charge on any atom is -0.462 e. The van der Waals surface area contributed by atoms with Gasteiger partial charge in [-0.2, -0.15) is 0 Å². The Morgan fingerprint density at radius 2 is 1.38 bits per heavy atom. The number of unbranched alkanes of at least 4 members (excludes halogenated alkanes) is 6. The summed E-state index contributed by atoms with van der Waals surface area (Å²) < 4.78 is 5.45. The molecule has 0 bridgehead atoms. The average Bonchev–Trinajstić information content (AvgIpc) is 2.94. The molecule has 37 heavy (non-hydrogen) atoms. The molecule has 5 heteroatoms. The second-order valence-electron chi connectivity index (χ2n) is 9.24. The molecule has 196 valence electrons. The van der Waals surface area contributed by atoms with Gasteiger partial charge in [0.25, 0.3) is 5.91 Å². The van der Waals surface area contributed by atoms with Crippen molar-refractivity contribution in [3.05, 3.63) is 95.6 Å². The number of hydrogen-bond acceptors (Lipinski definition) is 3. The molecule has 4 nitrogen and oxygen atoms in total. The Morgan fingerprint density at radius 3 is 2.11 bits per heavy atom. The summed E-state index contributed by atoms with van der Waals surface area (Å²) in [5.41, 5.74) is 3.69. The Morgan fingerprint density at radius 1 is 0.703 bits per heavy atom. The van der Waals surface area contributed by atoms with Gasteiger partial charge < -0.3 is 10.1 Å². The lowest BCUT2D eigenvalue weighted by molar-refractivity contribution is 0.0496. The zero-order valence-electron chi connectivity index (χ0n) is 21.6. The molecule has 3 aromatic carbocycles. The quantitative estimate of drug-likeness (QED) is 0.119. The van der Waals surface area contributed by atoms with Crippen molar-refractivity contribution in [1.82, 2.24) is 5.32 Å². The predicted octanol–water partition coefficient (Wildman–Crippen LogP) is 7.84. The first-order valence-electron chi connectivity index (χ1n) is 13.4. The van der Waals surface area contributed by atoms with Crippen molar-refractivity contribution >= 4 is 23.5 Å². The highest BCUT2D eigenvalue weighted by molar-refractivity contribution is 6.17. The van der Waals surface area contributed by atoms with Gasteiger partial charge >= 0.3 is 5.97 Å². The van der Waals surface area contributed by atoms with Crippen molar-refractivity contribution in [3.8, 4) is 11.1 Å². The summed E-state index contributed by atoms with van der Waals surface area (Å²) in [6.07, 6.45) is 9.39. The zero-order valence-corrected chi connectivity index (χ0v) is 22.3. The largest absolute Gasteiger partial charge is 0.462 e. The summed E-state index contributed by atoms with van der Waals surface area (Å²) in [6, 6.07) is 25.6. The lowest BCUT2D eigenvalue weighted by atomic mass is 9.94. The molecular weight excluding hydrogens is 482 g/mol. The van der Waals surface area contributed by atoms with Crippen LogP contribution in [0, 0.1) is 0 Å². The molecule has 0 aliphatic rings. The first kappa shape index (κ1) is 28.5. The topological polar surface area (TPSA) is 55.4 Å². The minimum absolute atomic E-state index is 0.241. The van der Waals surface area contributed by atoms with Gasteiger partial charge in [-0.15, -0.1) is 11.6 Å². The van der Waals surface area contributed by atoms with E-state index in [4.69, 9.17) is 16.3 Å². The lowest BCUT2D eigenvalue weighted by Gasteiger charge is -2.15. The molecule has 0 aromatic heterocycles.